The monoisotopic (exact) mass is 328 g/mol. The minimum absolute atomic E-state index is 0.111. The van der Waals surface area contributed by atoms with Crippen molar-refractivity contribution in [2.24, 2.45) is 7.05 Å². The third-order valence-corrected chi connectivity index (χ3v) is 3.26. The van der Waals surface area contributed by atoms with Crippen molar-refractivity contribution in [3.63, 3.8) is 0 Å². The van der Waals surface area contributed by atoms with E-state index in [0.717, 1.165) is 5.82 Å². The molecule has 0 aliphatic rings. The highest BCUT2D eigenvalue weighted by molar-refractivity contribution is 6.35. The lowest BCUT2D eigenvalue weighted by molar-refractivity contribution is -0.123. The van der Waals surface area contributed by atoms with Crippen LogP contribution >= 0.6 is 23.2 Å². The van der Waals surface area contributed by atoms with Crippen molar-refractivity contribution in [3.8, 4) is 5.75 Å². The number of nitrogens with zero attached hydrogens (tertiary/aromatic N) is 3. The number of hydrogen-bond donors (Lipinski definition) is 1. The highest BCUT2D eigenvalue weighted by atomic mass is 35.5. The van der Waals surface area contributed by atoms with Gasteiger partial charge in [0.1, 0.15) is 17.9 Å². The number of amides is 1. The van der Waals surface area contributed by atoms with E-state index in [1.807, 2.05) is 0 Å². The normalized spacial score (nSPS) is 10.4. The number of halogens is 2. The standard InChI is InChI=1S/C13H14Cl2N4O2/c1-19-12(17-8-18-19)4-5-16-13(20)7-21-11-3-2-9(14)6-10(11)15/h2-3,6,8H,4-5,7H2,1H3,(H,16,20). The van der Waals surface area contributed by atoms with Gasteiger partial charge in [-0.2, -0.15) is 5.10 Å². The Hall–Kier alpha value is -1.79. The number of rotatable bonds is 6. The van der Waals surface area contributed by atoms with Gasteiger partial charge < -0.3 is 10.1 Å². The molecule has 6 nitrogen and oxygen atoms in total. The van der Waals surface area contributed by atoms with Crippen LogP contribution in [0.4, 0.5) is 0 Å². The van der Waals surface area contributed by atoms with Crippen molar-refractivity contribution >= 4 is 29.1 Å². The quantitative estimate of drug-likeness (QED) is 0.878. The van der Waals surface area contributed by atoms with E-state index in [1.54, 1.807) is 29.9 Å². The third-order valence-electron chi connectivity index (χ3n) is 2.73. The molecule has 8 heteroatoms. The summed E-state index contributed by atoms with van der Waals surface area (Å²) in [5.41, 5.74) is 0. The maximum atomic E-state index is 11.7. The van der Waals surface area contributed by atoms with E-state index < -0.39 is 0 Å². The number of carbonyl (C=O) groups is 1. The number of hydrogen-bond acceptors (Lipinski definition) is 4. The number of carbonyl (C=O) groups excluding carboxylic acids is 1. The lowest BCUT2D eigenvalue weighted by Gasteiger charge is -2.08. The first-order valence-electron chi connectivity index (χ1n) is 6.23. The molecule has 0 fully saturated rings. The summed E-state index contributed by atoms with van der Waals surface area (Å²) in [6.07, 6.45) is 2.08. The van der Waals surface area contributed by atoms with Gasteiger partial charge >= 0.3 is 0 Å². The van der Waals surface area contributed by atoms with E-state index >= 15 is 0 Å². The van der Waals surface area contributed by atoms with Crippen LogP contribution in [-0.2, 0) is 18.3 Å². The number of aryl methyl sites for hydroxylation is 1. The molecule has 0 atom stereocenters. The fourth-order valence-corrected chi connectivity index (χ4v) is 2.11. The molecule has 0 unspecified atom stereocenters. The molecular formula is C13H14Cl2N4O2. The van der Waals surface area contributed by atoms with Gasteiger partial charge in [-0.1, -0.05) is 23.2 Å². The molecule has 0 spiro atoms. The maximum Gasteiger partial charge on any atom is 0.257 e. The van der Waals surface area contributed by atoms with Gasteiger partial charge in [-0.15, -0.1) is 0 Å². The third kappa shape index (κ3) is 4.61. The minimum atomic E-state index is -0.233. The molecule has 1 N–H and O–H groups in total. The van der Waals surface area contributed by atoms with Crippen LogP contribution in [0.15, 0.2) is 24.5 Å². The predicted molar refractivity (Wildman–Crippen MR) is 79.7 cm³/mol. The van der Waals surface area contributed by atoms with Gasteiger partial charge in [0.25, 0.3) is 5.91 Å². The molecule has 0 radical (unpaired) electrons. The summed E-state index contributed by atoms with van der Waals surface area (Å²) in [4.78, 5) is 15.7. The van der Waals surface area contributed by atoms with Gasteiger partial charge in [0, 0.05) is 25.0 Å². The van der Waals surface area contributed by atoms with Crippen LogP contribution in [0.2, 0.25) is 10.0 Å². The molecule has 0 bridgehead atoms. The van der Waals surface area contributed by atoms with Crippen molar-refractivity contribution in [2.45, 2.75) is 6.42 Å². The summed E-state index contributed by atoms with van der Waals surface area (Å²) in [6, 6.07) is 4.83. The van der Waals surface area contributed by atoms with E-state index in [2.05, 4.69) is 15.4 Å². The second-order valence-corrected chi connectivity index (χ2v) is 5.11. The van der Waals surface area contributed by atoms with Crippen LogP contribution in [-0.4, -0.2) is 33.8 Å². The van der Waals surface area contributed by atoms with E-state index in [4.69, 9.17) is 27.9 Å². The molecule has 1 aromatic carbocycles. The van der Waals surface area contributed by atoms with Crippen LogP contribution in [0.5, 0.6) is 5.75 Å². The molecule has 0 saturated heterocycles. The summed E-state index contributed by atoms with van der Waals surface area (Å²) < 4.78 is 6.99. The van der Waals surface area contributed by atoms with E-state index in [0.29, 0.717) is 28.8 Å². The number of benzene rings is 1. The van der Waals surface area contributed by atoms with Crippen molar-refractivity contribution in [3.05, 3.63) is 40.4 Å². The summed E-state index contributed by atoms with van der Waals surface area (Å²) in [6.45, 7) is 0.350. The topological polar surface area (TPSA) is 69.0 Å². The molecule has 21 heavy (non-hydrogen) atoms. The SMILES string of the molecule is Cn1ncnc1CCNC(=O)COc1ccc(Cl)cc1Cl. The summed E-state index contributed by atoms with van der Waals surface area (Å²) in [7, 11) is 1.80. The smallest absolute Gasteiger partial charge is 0.257 e. The van der Waals surface area contributed by atoms with Crippen molar-refractivity contribution in [1.82, 2.24) is 20.1 Å². The Morgan fingerprint density at radius 2 is 2.24 bits per heavy atom. The lowest BCUT2D eigenvalue weighted by Crippen LogP contribution is -2.31. The zero-order chi connectivity index (χ0) is 15.2. The fraction of sp³-hybridized carbons (Fsp3) is 0.308. The van der Waals surface area contributed by atoms with Gasteiger partial charge in [-0.25, -0.2) is 4.98 Å². The zero-order valence-corrected chi connectivity index (χ0v) is 12.9. The Balaban J connectivity index is 1.73. The Bertz CT molecular complexity index is 630. The summed E-state index contributed by atoms with van der Waals surface area (Å²) in [5, 5.41) is 7.57. The molecule has 112 valence electrons. The molecule has 1 amide bonds. The van der Waals surface area contributed by atoms with Gasteiger partial charge in [0.15, 0.2) is 6.61 Å². The van der Waals surface area contributed by atoms with E-state index in [1.165, 1.54) is 6.33 Å². The second-order valence-electron chi connectivity index (χ2n) is 4.26. The average Bonchev–Trinajstić information content (AvgIpc) is 2.83. The molecule has 0 saturated carbocycles. The molecule has 0 aliphatic carbocycles. The number of aromatic nitrogens is 3. The predicted octanol–water partition coefficient (Wildman–Crippen LogP) is 1.86. The maximum absolute atomic E-state index is 11.7. The van der Waals surface area contributed by atoms with E-state index in [9.17, 15) is 4.79 Å². The molecule has 0 aliphatic heterocycles. The Kier molecular flexibility index (Phi) is 5.41. The Morgan fingerprint density at radius 3 is 2.90 bits per heavy atom. The lowest BCUT2D eigenvalue weighted by atomic mass is 10.3. The molecule has 2 rings (SSSR count). The van der Waals surface area contributed by atoms with Crippen LogP contribution in [0.25, 0.3) is 0 Å². The van der Waals surface area contributed by atoms with Crippen molar-refractivity contribution in [1.29, 1.82) is 0 Å². The van der Waals surface area contributed by atoms with Crippen molar-refractivity contribution in [2.75, 3.05) is 13.2 Å². The average molecular weight is 329 g/mol. The van der Waals surface area contributed by atoms with E-state index in [-0.39, 0.29) is 12.5 Å². The number of ether oxygens (including phenoxy) is 1. The summed E-state index contributed by atoms with van der Waals surface area (Å²) >= 11 is 11.7. The van der Waals surface area contributed by atoms with Crippen LogP contribution < -0.4 is 10.1 Å². The van der Waals surface area contributed by atoms with Gasteiger partial charge in [0.05, 0.1) is 5.02 Å². The molecular weight excluding hydrogens is 315 g/mol. The van der Waals surface area contributed by atoms with Gasteiger partial charge in [0.2, 0.25) is 0 Å². The highest BCUT2D eigenvalue weighted by Gasteiger charge is 2.07. The molecule has 1 heterocycles. The van der Waals surface area contributed by atoms with Crippen molar-refractivity contribution < 1.29 is 9.53 Å². The first kappa shape index (κ1) is 15.6. The first-order chi connectivity index (χ1) is 10.1. The second kappa shape index (κ2) is 7.28. The largest absolute Gasteiger partial charge is 0.482 e. The zero-order valence-electron chi connectivity index (χ0n) is 11.3. The molecule has 2 aromatic rings. The van der Waals surface area contributed by atoms with Gasteiger partial charge in [-0.05, 0) is 18.2 Å². The van der Waals surface area contributed by atoms with Crippen LogP contribution in [0.3, 0.4) is 0 Å². The highest BCUT2D eigenvalue weighted by Crippen LogP contribution is 2.27. The summed E-state index contributed by atoms with van der Waals surface area (Å²) in [5.74, 6) is 0.990. The fourth-order valence-electron chi connectivity index (χ4n) is 1.65. The molecule has 1 aromatic heterocycles. The Morgan fingerprint density at radius 1 is 1.43 bits per heavy atom. The number of nitrogens with one attached hydrogen (secondary N) is 1. The Labute approximate surface area is 132 Å². The van der Waals surface area contributed by atoms with Crippen LogP contribution in [0.1, 0.15) is 5.82 Å². The van der Waals surface area contributed by atoms with Gasteiger partial charge in [-0.3, -0.25) is 9.48 Å². The first-order valence-corrected chi connectivity index (χ1v) is 6.99. The minimum Gasteiger partial charge on any atom is -0.482 e. The van der Waals surface area contributed by atoms with Crippen LogP contribution in [0, 0.1) is 0 Å².